The number of nitrogens with one attached hydrogen (secondary N) is 1. The maximum atomic E-state index is 11.2. The Morgan fingerprint density at radius 2 is 1.94 bits per heavy atom. The van der Waals surface area contributed by atoms with Crippen molar-refractivity contribution in [1.29, 1.82) is 0 Å². The van der Waals surface area contributed by atoms with Gasteiger partial charge in [-0.1, -0.05) is 13.8 Å². The Morgan fingerprint density at radius 1 is 1.25 bits per heavy atom. The molecule has 0 spiro atoms. The van der Waals surface area contributed by atoms with Gasteiger partial charge in [-0.05, 0) is 57.1 Å². The zero-order chi connectivity index (χ0) is 23.8. The van der Waals surface area contributed by atoms with Crippen LogP contribution in [0.3, 0.4) is 0 Å². The van der Waals surface area contributed by atoms with Crippen LogP contribution >= 0.6 is 11.3 Å². The van der Waals surface area contributed by atoms with Crippen molar-refractivity contribution in [2.45, 2.75) is 81.8 Å². The van der Waals surface area contributed by atoms with Crippen LogP contribution in [0.4, 0.5) is 10.5 Å². The minimum absolute atomic E-state index is 0.112. The average Bonchev–Trinajstić information content (AvgIpc) is 3.39. The van der Waals surface area contributed by atoms with Gasteiger partial charge in [-0.3, -0.25) is 4.98 Å². The van der Waals surface area contributed by atoms with E-state index in [2.05, 4.69) is 24.1 Å². The summed E-state index contributed by atoms with van der Waals surface area (Å²) in [6, 6.07) is -0.470. The molecule has 11 heteroatoms. The van der Waals surface area contributed by atoms with Gasteiger partial charge in [0.1, 0.15) is 0 Å². The van der Waals surface area contributed by atoms with Crippen LogP contribution in [0.25, 0.3) is 0 Å². The molecule has 2 aliphatic carbocycles. The number of carbonyl (C=O) groups excluding carboxylic acids is 1. The third kappa shape index (κ3) is 5.01. The topological polar surface area (TPSA) is 164 Å². The van der Waals surface area contributed by atoms with Crippen LogP contribution in [0.1, 0.15) is 73.6 Å². The zero-order valence-corrected chi connectivity index (χ0v) is 20.5. The number of hydrogen-bond acceptors (Lipinski definition) is 7. The largest absolute Gasteiger partial charge is 0.390 e. The van der Waals surface area contributed by atoms with E-state index in [4.69, 9.17) is 21.0 Å². The predicted molar refractivity (Wildman–Crippen MR) is 125 cm³/mol. The summed E-state index contributed by atoms with van der Waals surface area (Å²) in [4.78, 5) is 20.5. The van der Waals surface area contributed by atoms with Gasteiger partial charge in [0.15, 0.2) is 15.3 Å². The number of pyridine rings is 1. The first-order valence-electron chi connectivity index (χ1n) is 10.5. The second-order valence-electron chi connectivity index (χ2n) is 9.24. The van der Waals surface area contributed by atoms with E-state index >= 15 is 0 Å². The van der Waals surface area contributed by atoms with Crippen LogP contribution in [0, 0.1) is 0 Å². The Bertz CT molecular complexity index is 1060. The Balaban J connectivity index is 0.000000188. The first-order valence-corrected chi connectivity index (χ1v) is 12.5. The Labute approximate surface area is 194 Å². The summed E-state index contributed by atoms with van der Waals surface area (Å²) in [5.41, 5.74) is 10.4. The number of nitrogens with zero attached hydrogens (tertiary/aromatic N) is 2. The molecular formula is C21H31N5O4S2. The van der Waals surface area contributed by atoms with Gasteiger partial charge >= 0.3 is 6.03 Å². The molecule has 0 fully saturated rings. The van der Waals surface area contributed by atoms with Gasteiger partial charge in [0.25, 0.3) is 0 Å². The second kappa shape index (κ2) is 9.14. The van der Waals surface area contributed by atoms with Gasteiger partial charge in [-0.15, -0.1) is 11.3 Å². The first kappa shape index (κ1) is 24.7. The fourth-order valence-electron chi connectivity index (χ4n) is 4.26. The van der Waals surface area contributed by atoms with Crippen molar-refractivity contribution in [2.75, 3.05) is 5.32 Å². The number of hydrogen-bond donors (Lipinski definition) is 5. The molecule has 2 heterocycles. The Morgan fingerprint density at radius 3 is 2.47 bits per heavy atom. The highest BCUT2D eigenvalue weighted by atomic mass is 32.2. The van der Waals surface area contributed by atoms with Crippen molar-refractivity contribution in [3.05, 3.63) is 33.1 Å². The molecule has 2 aliphatic rings. The van der Waals surface area contributed by atoms with Crippen LogP contribution in [0.15, 0.2) is 4.34 Å². The molecule has 2 amide bonds. The number of thiazole rings is 1. The molecule has 1 unspecified atom stereocenters. The molecule has 1 atom stereocenters. The molecule has 4 rings (SSSR count). The minimum Gasteiger partial charge on any atom is -0.390 e. The van der Waals surface area contributed by atoms with Gasteiger partial charge in [-0.25, -0.2) is 19.1 Å². The molecule has 32 heavy (non-hydrogen) atoms. The van der Waals surface area contributed by atoms with Crippen LogP contribution in [-0.4, -0.2) is 30.4 Å². The first-order chi connectivity index (χ1) is 14.8. The van der Waals surface area contributed by atoms with Gasteiger partial charge in [0, 0.05) is 11.1 Å². The van der Waals surface area contributed by atoms with Crippen molar-refractivity contribution >= 4 is 34.0 Å². The van der Waals surface area contributed by atoms with E-state index in [1.54, 1.807) is 13.8 Å². The summed E-state index contributed by atoms with van der Waals surface area (Å²) < 4.78 is 11.1. The van der Waals surface area contributed by atoms with Gasteiger partial charge in [0.2, 0.25) is 0 Å². The van der Waals surface area contributed by atoms with E-state index < -0.39 is 22.6 Å². The van der Waals surface area contributed by atoms with Crippen molar-refractivity contribution < 1.29 is 19.2 Å². The van der Waals surface area contributed by atoms with Crippen LogP contribution in [0.2, 0.25) is 0 Å². The lowest BCUT2D eigenvalue weighted by atomic mass is 9.90. The van der Waals surface area contributed by atoms with Crippen molar-refractivity contribution in [3.8, 4) is 0 Å². The number of fused-ring (bicyclic) bond motifs is 2. The third-order valence-electron chi connectivity index (χ3n) is 5.77. The standard InChI is InChI=1S/C14H19N3O.C7H12N2O3S2/c1-14(2)7-6-9-11(17-13(15)18)8-4-3-5-10(8)16-12(9)14;1-7(2,11)5-4(3-10)9-6(13-5)14(8)12/h3-7H2,1-2H3,(H3,15,16,17,18);10-11H,3,8H2,1-2H3. The predicted octanol–water partition coefficient (Wildman–Crippen LogP) is 2.13. The monoisotopic (exact) mass is 481 g/mol. The summed E-state index contributed by atoms with van der Waals surface area (Å²) >= 11 is 1.05. The normalized spacial score (nSPS) is 17.2. The number of aromatic nitrogens is 2. The molecule has 176 valence electrons. The minimum atomic E-state index is -1.67. The number of aliphatic hydroxyl groups excluding tert-OH is 1. The number of nitrogens with two attached hydrogens (primary N) is 2. The quantitative estimate of drug-likeness (QED) is 0.449. The molecule has 0 aromatic carbocycles. The van der Waals surface area contributed by atoms with E-state index in [1.807, 2.05) is 0 Å². The maximum Gasteiger partial charge on any atom is 0.316 e. The number of primary amides is 1. The van der Waals surface area contributed by atoms with E-state index in [9.17, 15) is 14.1 Å². The lowest BCUT2D eigenvalue weighted by molar-refractivity contribution is 0.0796. The highest BCUT2D eigenvalue weighted by Crippen LogP contribution is 2.44. The summed E-state index contributed by atoms with van der Waals surface area (Å²) in [5.74, 6) is 0. The maximum absolute atomic E-state index is 11.2. The molecule has 9 nitrogen and oxygen atoms in total. The van der Waals surface area contributed by atoms with Crippen molar-refractivity contribution in [3.63, 3.8) is 0 Å². The van der Waals surface area contributed by atoms with Crippen LogP contribution in [-0.2, 0) is 47.9 Å². The average molecular weight is 482 g/mol. The van der Waals surface area contributed by atoms with Gasteiger partial charge in [0.05, 0.1) is 34.2 Å². The zero-order valence-electron chi connectivity index (χ0n) is 18.8. The fourth-order valence-corrected chi connectivity index (χ4v) is 5.84. The summed E-state index contributed by atoms with van der Waals surface area (Å²) in [5, 5.41) is 26.7. The highest BCUT2D eigenvalue weighted by Gasteiger charge is 2.36. The molecule has 0 bridgehead atoms. The number of carbonyl (C=O) groups is 1. The molecular weight excluding hydrogens is 450 g/mol. The van der Waals surface area contributed by atoms with Crippen LogP contribution in [0.5, 0.6) is 0 Å². The number of anilines is 1. The molecule has 2 aromatic rings. The second-order valence-corrected chi connectivity index (χ2v) is 11.5. The highest BCUT2D eigenvalue weighted by molar-refractivity contribution is 7.84. The third-order valence-corrected chi connectivity index (χ3v) is 8.15. The van der Waals surface area contributed by atoms with Gasteiger partial charge < -0.3 is 21.3 Å². The van der Waals surface area contributed by atoms with Gasteiger partial charge in [-0.2, -0.15) is 0 Å². The lowest BCUT2D eigenvalue weighted by Crippen LogP contribution is -2.22. The van der Waals surface area contributed by atoms with Crippen molar-refractivity contribution in [1.82, 2.24) is 9.97 Å². The van der Waals surface area contributed by atoms with E-state index in [0.717, 1.165) is 60.5 Å². The van der Waals surface area contributed by atoms with E-state index in [-0.39, 0.29) is 16.4 Å². The Hall–Kier alpha value is -1.92. The number of aryl methyl sites for hydroxylation is 1. The molecule has 0 saturated carbocycles. The number of urea groups is 1. The number of rotatable bonds is 4. The summed E-state index contributed by atoms with van der Waals surface area (Å²) in [7, 11) is -1.67. The SMILES string of the molecule is CC(C)(O)c1sc(S(N)=O)nc1CO.CC1(C)CCc2c1nc1c(c2NC(N)=O)CCC1. The van der Waals surface area contributed by atoms with E-state index in [0.29, 0.717) is 10.6 Å². The fraction of sp³-hybridized carbons (Fsp3) is 0.571. The molecule has 0 radical (unpaired) electrons. The number of amides is 2. The lowest BCUT2D eigenvalue weighted by Gasteiger charge is -2.20. The number of aliphatic hydroxyl groups is 2. The Kier molecular flexibility index (Phi) is 7.06. The summed E-state index contributed by atoms with van der Waals surface area (Å²) in [6.45, 7) is 7.29. The smallest absolute Gasteiger partial charge is 0.316 e. The molecule has 2 aromatic heterocycles. The van der Waals surface area contributed by atoms with Crippen LogP contribution < -0.4 is 16.2 Å². The van der Waals surface area contributed by atoms with E-state index in [1.165, 1.54) is 11.1 Å². The molecule has 0 aliphatic heterocycles. The molecule has 0 saturated heterocycles. The van der Waals surface area contributed by atoms with Crippen molar-refractivity contribution in [2.24, 2.45) is 10.9 Å². The summed E-state index contributed by atoms with van der Waals surface area (Å²) in [6.07, 6.45) is 5.22. The molecule has 7 N–H and O–H groups in total.